The number of thiazole rings is 1. The molecule has 2 aromatic heterocycles. The number of nitrogens with zero attached hydrogens (tertiary/aromatic N) is 5. The third-order valence-electron chi connectivity index (χ3n) is 6.03. The summed E-state index contributed by atoms with van der Waals surface area (Å²) < 4.78 is 1.90. The molecule has 2 fully saturated rings. The normalized spacial score (nSPS) is 18.1. The molecule has 9 heteroatoms. The molecule has 0 bridgehead atoms. The molecule has 1 saturated carbocycles. The van der Waals surface area contributed by atoms with Crippen LogP contribution in [0.3, 0.4) is 0 Å². The van der Waals surface area contributed by atoms with Crippen molar-refractivity contribution < 1.29 is 4.79 Å². The zero-order valence-electron chi connectivity index (χ0n) is 18.6. The van der Waals surface area contributed by atoms with Crippen LogP contribution in [0.2, 0.25) is 0 Å². The average Bonchev–Trinajstić information content (AvgIpc) is 3.17. The minimum absolute atomic E-state index is 0. The number of anilines is 2. The van der Waals surface area contributed by atoms with E-state index in [4.69, 9.17) is 4.98 Å². The Morgan fingerprint density at radius 3 is 2.40 bits per heavy atom. The van der Waals surface area contributed by atoms with Crippen molar-refractivity contribution in [2.45, 2.75) is 58.4 Å². The van der Waals surface area contributed by atoms with Gasteiger partial charge in [0, 0.05) is 37.8 Å². The second-order valence-corrected chi connectivity index (χ2v) is 10.3. The van der Waals surface area contributed by atoms with E-state index in [1.54, 1.807) is 17.5 Å². The van der Waals surface area contributed by atoms with Gasteiger partial charge >= 0.3 is 0 Å². The van der Waals surface area contributed by atoms with E-state index in [2.05, 4.69) is 48.0 Å². The van der Waals surface area contributed by atoms with Gasteiger partial charge in [-0.05, 0) is 47.6 Å². The van der Waals surface area contributed by atoms with Gasteiger partial charge in [-0.1, -0.05) is 17.8 Å². The maximum atomic E-state index is 13.0. The van der Waals surface area contributed by atoms with Crippen LogP contribution in [0.4, 0.5) is 10.1 Å². The van der Waals surface area contributed by atoms with Crippen LogP contribution in [0.1, 0.15) is 67.7 Å². The highest BCUT2D eigenvalue weighted by atomic mass is 35.5. The summed E-state index contributed by atoms with van der Waals surface area (Å²) in [6.07, 6.45) is 5.35. The summed E-state index contributed by atoms with van der Waals surface area (Å²) in [5.41, 5.74) is 2.52. The van der Waals surface area contributed by atoms with Crippen molar-refractivity contribution in [1.29, 1.82) is 0 Å². The molecule has 1 aliphatic heterocycles. The zero-order chi connectivity index (χ0) is 20.8. The van der Waals surface area contributed by atoms with Gasteiger partial charge in [-0.15, -0.1) is 12.4 Å². The highest BCUT2D eigenvalue weighted by Gasteiger charge is 2.30. The Balaban J connectivity index is 0.00000256. The molecule has 2 aromatic rings. The molecule has 3 heterocycles. The van der Waals surface area contributed by atoms with Crippen molar-refractivity contribution in [1.82, 2.24) is 19.7 Å². The number of hydrogen-bond acceptors (Lipinski definition) is 6. The Labute approximate surface area is 189 Å². The van der Waals surface area contributed by atoms with Crippen LogP contribution in [0.15, 0.2) is 6.20 Å². The first kappa shape index (κ1) is 23.0. The van der Waals surface area contributed by atoms with E-state index >= 15 is 0 Å². The molecule has 166 valence electrons. The first-order valence-electron chi connectivity index (χ1n) is 10.5. The average molecular weight is 453 g/mol. The molecule has 7 nitrogen and oxygen atoms in total. The quantitative estimate of drug-likeness (QED) is 0.756. The van der Waals surface area contributed by atoms with Crippen LogP contribution in [-0.2, 0) is 5.54 Å². The van der Waals surface area contributed by atoms with Crippen molar-refractivity contribution in [2.24, 2.45) is 0 Å². The number of rotatable bonds is 4. The molecule has 0 atom stereocenters. The van der Waals surface area contributed by atoms with Gasteiger partial charge in [0.2, 0.25) is 0 Å². The van der Waals surface area contributed by atoms with Crippen molar-refractivity contribution >= 4 is 39.8 Å². The lowest BCUT2D eigenvalue weighted by molar-refractivity contribution is 0.102. The molecule has 30 heavy (non-hydrogen) atoms. The topological polar surface area (TPSA) is 66.3 Å². The van der Waals surface area contributed by atoms with Gasteiger partial charge in [-0.25, -0.2) is 4.98 Å². The van der Waals surface area contributed by atoms with Crippen LogP contribution in [0, 0.1) is 6.92 Å². The van der Waals surface area contributed by atoms with Gasteiger partial charge in [-0.3, -0.25) is 14.8 Å². The summed E-state index contributed by atoms with van der Waals surface area (Å²) in [5.74, 6) is 0.411. The van der Waals surface area contributed by atoms with E-state index in [1.165, 1.54) is 30.0 Å². The molecular formula is C21H33ClN6OS. The number of carbonyl (C=O) groups is 1. The Kier molecular flexibility index (Phi) is 6.79. The summed E-state index contributed by atoms with van der Waals surface area (Å²) in [7, 11) is 2.17. The van der Waals surface area contributed by atoms with Crippen LogP contribution in [0.5, 0.6) is 0 Å². The van der Waals surface area contributed by atoms with Gasteiger partial charge in [-0.2, -0.15) is 5.10 Å². The Hall–Kier alpha value is -1.64. The second kappa shape index (κ2) is 8.85. The zero-order valence-corrected chi connectivity index (χ0v) is 20.2. The smallest absolute Gasteiger partial charge is 0.260 e. The fourth-order valence-corrected chi connectivity index (χ4v) is 5.13. The minimum atomic E-state index is -0.157. The van der Waals surface area contributed by atoms with E-state index in [9.17, 15) is 4.79 Å². The monoisotopic (exact) mass is 452 g/mol. The van der Waals surface area contributed by atoms with E-state index in [1.807, 2.05) is 11.6 Å². The van der Waals surface area contributed by atoms with Crippen molar-refractivity contribution in [3.8, 4) is 0 Å². The molecule has 1 N–H and O–H groups in total. The summed E-state index contributed by atoms with van der Waals surface area (Å²) in [4.78, 5) is 22.6. The standard InChI is InChI=1S/C21H32N6OS.ClH/c1-14-16(13-22-27(14)21(2,3)4)18(28)24-20-23-17(15-7-6-8-15)19(29-20)26-11-9-25(5)10-12-26;/h13,15H,6-12H2,1-5H3,(H,23,24,28);1H. The maximum Gasteiger partial charge on any atom is 0.260 e. The molecule has 1 amide bonds. The molecule has 0 radical (unpaired) electrons. The molecule has 0 spiro atoms. The lowest BCUT2D eigenvalue weighted by atomic mass is 9.83. The van der Waals surface area contributed by atoms with Gasteiger partial charge < -0.3 is 9.80 Å². The highest BCUT2D eigenvalue weighted by Crippen LogP contribution is 2.44. The first-order chi connectivity index (χ1) is 13.7. The first-order valence-corrected chi connectivity index (χ1v) is 11.4. The highest BCUT2D eigenvalue weighted by molar-refractivity contribution is 7.19. The predicted octanol–water partition coefficient (Wildman–Crippen LogP) is 4.10. The largest absolute Gasteiger partial charge is 0.359 e. The minimum Gasteiger partial charge on any atom is -0.359 e. The summed E-state index contributed by atoms with van der Waals surface area (Å²) in [6.45, 7) is 12.4. The lowest BCUT2D eigenvalue weighted by Gasteiger charge is -2.35. The molecule has 4 rings (SSSR count). The third kappa shape index (κ3) is 4.50. The van der Waals surface area contributed by atoms with E-state index in [-0.39, 0.29) is 23.9 Å². The number of piperazine rings is 1. The van der Waals surface area contributed by atoms with E-state index in [0.29, 0.717) is 16.6 Å². The van der Waals surface area contributed by atoms with Gasteiger partial charge in [0.1, 0.15) is 5.00 Å². The molecule has 2 aliphatic rings. The van der Waals surface area contributed by atoms with Crippen LogP contribution in [0.25, 0.3) is 0 Å². The Bertz CT molecular complexity index is 890. The third-order valence-corrected chi connectivity index (χ3v) is 7.07. The number of likely N-dealkylation sites (N-methyl/N-ethyl adjacent to an activating group) is 1. The van der Waals surface area contributed by atoms with E-state index in [0.717, 1.165) is 31.9 Å². The van der Waals surface area contributed by atoms with Crippen LogP contribution in [-0.4, -0.2) is 58.8 Å². The van der Waals surface area contributed by atoms with Crippen LogP contribution >= 0.6 is 23.7 Å². The Morgan fingerprint density at radius 2 is 1.87 bits per heavy atom. The SMILES string of the molecule is Cc1c(C(=O)Nc2nc(C3CCC3)c(N3CCN(C)CC3)s2)cnn1C(C)(C)C.Cl. The van der Waals surface area contributed by atoms with E-state index < -0.39 is 0 Å². The van der Waals surface area contributed by atoms with Crippen molar-refractivity contribution in [3.05, 3.63) is 23.1 Å². The predicted molar refractivity (Wildman–Crippen MR) is 126 cm³/mol. The summed E-state index contributed by atoms with van der Waals surface area (Å²) in [6, 6.07) is 0. The summed E-state index contributed by atoms with van der Waals surface area (Å²) >= 11 is 1.62. The fraction of sp³-hybridized carbons (Fsp3) is 0.667. The molecular weight excluding hydrogens is 420 g/mol. The number of aromatic nitrogens is 3. The summed E-state index contributed by atoms with van der Waals surface area (Å²) in [5, 5.41) is 9.44. The molecule has 0 aromatic carbocycles. The van der Waals surface area contributed by atoms with Crippen molar-refractivity contribution in [3.63, 3.8) is 0 Å². The number of amides is 1. The van der Waals surface area contributed by atoms with Crippen LogP contribution < -0.4 is 10.2 Å². The Morgan fingerprint density at radius 1 is 1.20 bits per heavy atom. The van der Waals surface area contributed by atoms with Crippen molar-refractivity contribution in [2.75, 3.05) is 43.4 Å². The lowest BCUT2D eigenvalue weighted by Crippen LogP contribution is -2.44. The molecule has 0 unspecified atom stereocenters. The molecule has 1 aliphatic carbocycles. The number of halogens is 1. The number of hydrogen-bond donors (Lipinski definition) is 1. The number of nitrogens with one attached hydrogen (secondary N) is 1. The van der Waals surface area contributed by atoms with Gasteiger partial charge in [0.25, 0.3) is 5.91 Å². The second-order valence-electron chi connectivity index (χ2n) is 9.31. The fourth-order valence-electron chi connectivity index (χ4n) is 4.03. The number of carbonyl (C=O) groups excluding carboxylic acids is 1. The maximum absolute atomic E-state index is 13.0. The van der Waals surface area contributed by atoms with Gasteiger partial charge in [0.05, 0.1) is 23.0 Å². The van der Waals surface area contributed by atoms with Gasteiger partial charge in [0.15, 0.2) is 5.13 Å². The molecule has 1 saturated heterocycles.